The lowest BCUT2D eigenvalue weighted by Gasteiger charge is -2.13. The van der Waals surface area contributed by atoms with Crippen molar-refractivity contribution in [1.82, 2.24) is 5.32 Å². The van der Waals surface area contributed by atoms with Crippen molar-refractivity contribution in [2.75, 3.05) is 13.7 Å². The van der Waals surface area contributed by atoms with Crippen LogP contribution in [0.5, 0.6) is 0 Å². The van der Waals surface area contributed by atoms with E-state index in [0.29, 0.717) is 6.04 Å². The lowest BCUT2D eigenvalue weighted by Crippen LogP contribution is -2.33. The summed E-state index contributed by atoms with van der Waals surface area (Å²) < 4.78 is 18.0. The van der Waals surface area contributed by atoms with E-state index >= 15 is 0 Å². The maximum Gasteiger partial charge on any atom is 0.118 e. The van der Waals surface area contributed by atoms with Gasteiger partial charge in [0.1, 0.15) is 5.83 Å². The standard InChI is InChI=1S/C13H20FNO/c1-4-11(14)6-5-10(2)13-8-7-12(15-13)9-16-3/h4-6,12-13,15H,2,7-9H2,1,3H3/b6-5-,11-4+/t12-,13+/m1/s1. The molecular formula is C13H20FNO. The average Bonchev–Trinajstić information content (AvgIpc) is 2.74. The summed E-state index contributed by atoms with van der Waals surface area (Å²) in [7, 11) is 1.70. The zero-order chi connectivity index (χ0) is 12.0. The number of halogens is 1. The molecule has 1 aliphatic heterocycles. The zero-order valence-electron chi connectivity index (χ0n) is 10.0. The summed E-state index contributed by atoms with van der Waals surface area (Å²) in [6.07, 6.45) is 6.74. The van der Waals surface area contributed by atoms with Gasteiger partial charge in [0.2, 0.25) is 0 Å². The van der Waals surface area contributed by atoms with Gasteiger partial charge in [-0.2, -0.15) is 0 Å². The number of ether oxygens (including phenoxy) is 1. The summed E-state index contributed by atoms with van der Waals surface area (Å²) in [4.78, 5) is 0. The molecule has 0 aliphatic carbocycles. The first-order chi connectivity index (χ1) is 7.67. The normalized spacial score (nSPS) is 26.6. The molecule has 1 heterocycles. The van der Waals surface area contributed by atoms with Gasteiger partial charge in [-0.25, -0.2) is 4.39 Å². The number of methoxy groups -OCH3 is 1. The molecule has 0 aromatic heterocycles. The molecule has 0 amide bonds. The van der Waals surface area contributed by atoms with E-state index in [1.54, 1.807) is 20.1 Å². The average molecular weight is 225 g/mol. The van der Waals surface area contributed by atoms with Gasteiger partial charge < -0.3 is 10.1 Å². The van der Waals surface area contributed by atoms with Crippen LogP contribution in [-0.2, 0) is 4.74 Å². The van der Waals surface area contributed by atoms with Crippen LogP contribution in [0.1, 0.15) is 19.8 Å². The van der Waals surface area contributed by atoms with Crippen LogP contribution >= 0.6 is 0 Å². The zero-order valence-corrected chi connectivity index (χ0v) is 10.0. The number of allylic oxidation sites excluding steroid dienone is 3. The molecule has 16 heavy (non-hydrogen) atoms. The highest BCUT2D eigenvalue weighted by atomic mass is 19.1. The van der Waals surface area contributed by atoms with Crippen LogP contribution in [0.3, 0.4) is 0 Å². The largest absolute Gasteiger partial charge is 0.383 e. The van der Waals surface area contributed by atoms with E-state index in [2.05, 4.69) is 11.9 Å². The first-order valence-corrected chi connectivity index (χ1v) is 5.61. The molecule has 2 atom stereocenters. The summed E-state index contributed by atoms with van der Waals surface area (Å²) >= 11 is 0. The lowest BCUT2D eigenvalue weighted by atomic mass is 10.1. The fraction of sp³-hybridized carbons (Fsp3) is 0.538. The van der Waals surface area contributed by atoms with Gasteiger partial charge >= 0.3 is 0 Å². The van der Waals surface area contributed by atoms with Gasteiger partial charge in [-0.1, -0.05) is 18.7 Å². The van der Waals surface area contributed by atoms with Gasteiger partial charge in [0, 0.05) is 19.2 Å². The third kappa shape index (κ3) is 3.91. The maximum atomic E-state index is 12.9. The van der Waals surface area contributed by atoms with E-state index in [1.165, 1.54) is 12.2 Å². The van der Waals surface area contributed by atoms with Crippen molar-refractivity contribution in [2.45, 2.75) is 31.8 Å². The van der Waals surface area contributed by atoms with Crippen molar-refractivity contribution < 1.29 is 9.13 Å². The molecule has 2 nitrogen and oxygen atoms in total. The van der Waals surface area contributed by atoms with Gasteiger partial charge in [-0.3, -0.25) is 0 Å². The van der Waals surface area contributed by atoms with E-state index in [9.17, 15) is 4.39 Å². The minimum Gasteiger partial charge on any atom is -0.383 e. The molecule has 1 aliphatic rings. The van der Waals surface area contributed by atoms with Crippen molar-refractivity contribution in [3.8, 4) is 0 Å². The van der Waals surface area contributed by atoms with Crippen LogP contribution in [0.25, 0.3) is 0 Å². The summed E-state index contributed by atoms with van der Waals surface area (Å²) in [5, 5.41) is 3.42. The van der Waals surface area contributed by atoms with Crippen LogP contribution in [0.4, 0.5) is 4.39 Å². The fourth-order valence-corrected chi connectivity index (χ4v) is 1.84. The summed E-state index contributed by atoms with van der Waals surface area (Å²) in [5.41, 5.74) is 0.926. The Kier molecular flexibility index (Phi) is 5.43. The third-order valence-electron chi connectivity index (χ3n) is 2.79. The highest BCUT2D eigenvalue weighted by Crippen LogP contribution is 2.19. The van der Waals surface area contributed by atoms with Crippen molar-refractivity contribution in [3.63, 3.8) is 0 Å². The Hall–Kier alpha value is -0.930. The third-order valence-corrected chi connectivity index (χ3v) is 2.79. The molecule has 0 bridgehead atoms. The van der Waals surface area contributed by atoms with Crippen molar-refractivity contribution in [2.24, 2.45) is 0 Å². The molecule has 1 fully saturated rings. The van der Waals surface area contributed by atoms with E-state index < -0.39 is 0 Å². The molecule has 1 rings (SSSR count). The van der Waals surface area contributed by atoms with Crippen molar-refractivity contribution in [3.05, 3.63) is 36.2 Å². The number of rotatable bonds is 5. The highest BCUT2D eigenvalue weighted by Gasteiger charge is 2.24. The Bertz CT molecular complexity index is 296. The maximum absolute atomic E-state index is 12.9. The molecule has 90 valence electrons. The topological polar surface area (TPSA) is 21.3 Å². The van der Waals surface area contributed by atoms with Crippen molar-refractivity contribution >= 4 is 0 Å². The van der Waals surface area contributed by atoms with E-state index in [4.69, 9.17) is 4.74 Å². The molecular weight excluding hydrogens is 205 g/mol. The number of hydrogen-bond acceptors (Lipinski definition) is 2. The van der Waals surface area contributed by atoms with Crippen LogP contribution in [0.2, 0.25) is 0 Å². The molecule has 1 N–H and O–H groups in total. The van der Waals surface area contributed by atoms with Gasteiger partial charge in [-0.15, -0.1) is 0 Å². The molecule has 3 heteroatoms. The minimum atomic E-state index is -0.229. The van der Waals surface area contributed by atoms with E-state index in [-0.39, 0.29) is 11.9 Å². The Balaban J connectivity index is 2.42. The Morgan fingerprint density at radius 2 is 2.25 bits per heavy atom. The second-order valence-electron chi connectivity index (χ2n) is 4.03. The minimum absolute atomic E-state index is 0.229. The Morgan fingerprint density at radius 3 is 2.88 bits per heavy atom. The highest BCUT2D eigenvalue weighted by molar-refractivity contribution is 5.27. The second-order valence-corrected chi connectivity index (χ2v) is 4.03. The van der Waals surface area contributed by atoms with E-state index in [1.807, 2.05) is 0 Å². The smallest absolute Gasteiger partial charge is 0.118 e. The van der Waals surface area contributed by atoms with Crippen LogP contribution in [0, 0.1) is 0 Å². The number of nitrogens with one attached hydrogen (secondary N) is 1. The molecule has 0 radical (unpaired) electrons. The second kappa shape index (κ2) is 6.61. The summed E-state index contributed by atoms with van der Waals surface area (Å²) in [5.74, 6) is -0.229. The van der Waals surface area contributed by atoms with Gasteiger partial charge in [0.05, 0.1) is 6.61 Å². The van der Waals surface area contributed by atoms with Crippen LogP contribution in [0.15, 0.2) is 36.2 Å². The molecule has 0 unspecified atom stereocenters. The molecule has 0 spiro atoms. The molecule has 1 saturated heterocycles. The Morgan fingerprint density at radius 1 is 1.50 bits per heavy atom. The van der Waals surface area contributed by atoms with E-state index in [0.717, 1.165) is 25.0 Å². The predicted octanol–water partition coefficient (Wildman–Crippen LogP) is 2.74. The predicted molar refractivity (Wildman–Crippen MR) is 65.0 cm³/mol. The first-order valence-electron chi connectivity index (χ1n) is 5.61. The molecule has 0 saturated carbocycles. The fourth-order valence-electron chi connectivity index (χ4n) is 1.84. The van der Waals surface area contributed by atoms with Gasteiger partial charge in [-0.05, 0) is 31.4 Å². The quantitative estimate of drug-likeness (QED) is 0.726. The Labute approximate surface area is 96.9 Å². The monoisotopic (exact) mass is 225 g/mol. The SMILES string of the molecule is C=C(/C=C\C(F)=C/C)[C@@H]1CC[C@H](COC)N1. The summed E-state index contributed by atoms with van der Waals surface area (Å²) in [6.45, 7) is 6.34. The lowest BCUT2D eigenvalue weighted by molar-refractivity contribution is 0.172. The molecule has 0 aromatic rings. The molecule has 0 aromatic carbocycles. The van der Waals surface area contributed by atoms with Crippen LogP contribution < -0.4 is 5.32 Å². The van der Waals surface area contributed by atoms with Crippen LogP contribution in [-0.4, -0.2) is 25.8 Å². The van der Waals surface area contributed by atoms with Gasteiger partial charge in [0.25, 0.3) is 0 Å². The number of hydrogen-bond donors (Lipinski definition) is 1. The first kappa shape index (κ1) is 13.1. The van der Waals surface area contributed by atoms with Gasteiger partial charge in [0.15, 0.2) is 0 Å². The summed E-state index contributed by atoms with van der Waals surface area (Å²) in [6, 6.07) is 0.646. The van der Waals surface area contributed by atoms with Crippen molar-refractivity contribution in [1.29, 1.82) is 0 Å².